The van der Waals surface area contributed by atoms with Gasteiger partial charge in [0.2, 0.25) is 0 Å². The molecular formula is C18H18FN5. The molecule has 0 bridgehead atoms. The fourth-order valence-corrected chi connectivity index (χ4v) is 4.07. The van der Waals surface area contributed by atoms with Crippen LogP contribution in [0.25, 0.3) is 5.65 Å². The van der Waals surface area contributed by atoms with Gasteiger partial charge in [-0.2, -0.15) is 9.61 Å². The van der Waals surface area contributed by atoms with Crippen LogP contribution >= 0.6 is 0 Å². The Hall–Kier alpha value is -2.47. The van der Waals surface area contributed by atoms with Crippen LogP contribution in [0.3, 0.4) is 0 Å². The van der Waals surface area contributed by atoms with Crippen molar-refractivity contribution in [2.75, 3.05) is 5.32 Å². The van der Waals surface area contributed by atoms with Crippen LogP contribution in [0, 0.1) is 5.82 Å². The van der Waals surface area contributed by atoms with Gasteiger partial charge in [0, 0.05) is 23.9 Å². The molecule has 1 aliphatic heterocycles. The lowest BCUT2D eigenvalue weighted by atomic mass is 9.94. The molecule has 3 heterocycles. The molecule has 3 aromatic rings. The van der Waals surface area contributed by atoms with E-state index >= 15 is 0 Å². The van der Waals surface area contributed by atoms with Crippen LogP contribution in [0.5, 0.6) is 0 Å². The van der Waals surface area contributed by atoms with Gasteiger partial charge < -0.3 is 10.6 Å². The summed E-state index contributed by atoms with van der Waals surface area (Å²) in [5.74, 6) is 0.680. The van der Waals surface area contributed by atoms with Crippen LogP contribution in [0.1, 0.15) is 36.9 Å². The average molecular weight is 323 g/mol. The molecule has 122 valence electrons. The summed E-state index contributed by atoms with van der Waals surface area (Å²) in [5.41, 5.74) is 4.01. The quantitative estimate of drug-likeness (QED) is 0.758. The first-order valence-electron chi connectivity index (χ1n) is 8.40. The van der Waals surface area contributed by atoms with Crippen molar-refractivity contribution in [3.63, 3.8) is 0 Å². The Morgan fingerprint density at radius 3 is 2.71 bits per heavy atom. The normalized spacial score (nSPS) is 18.4. The summed E-state index contributed by atoms with van der Waals surface area (Å²) in [6.07, 6.45) is 6.50. The molecule has 6 heteroatoms. The lowest BCUT2D eigenvalue weighted by Gasteiger charge is -2.24. The molecule has 2 N–H and O–H groups in total. The number of fused-ring (bicyclic) bond motifs is 3. The smallest absolute Gasteiger partial charge is 0.157 e. The van der Waals surface area contributed by atoms with Crippen LogP contribution in [0.4, 0.5) is 15.9 Å². The number of aromatic nitrogens is 3. The van der Waals surface area contributed by atoms with Crippen LogP contribution in [-0.4, -0.2) is 14.6 Å². The van der Waals surface area contributed by atoms with Crippen molar-refractivity contribution in [3.8, 4) is 0 Å². The SMILES string of the molecule is Fc1ccc(Nc2c3c(nc4ccnn24)C2(CCCC2)NC3)cc1. The Labute approximate surface area is 138 Å². The van der Waals surface area contributed by atoms with Gasteiger partial charge >= 0.3 is 0 Å². The Kier molecular flexibility index (Phi) is 2.91. The predicted molar refractivity (Wildman–Crippen MR) is 89.7 cm³/mol. The number of benzene rings is 1. The average Bonchev–Trinajstić information content (AvgIpc) is 3.31. The van der Waals surface area contributed by atoms with Crippen LogP contribution in [-0.2, 0) is 12.1 Å². The van der Waals surface area contributed by atoms with Gasteiger partial charge in [0.1, 0.15) is 11.6 Å². The summed E-state index contributed by atoms with van der Waals surface area (Å²) in [6, 6.07) is 8.33. The van der Waals surface area contributed by atoms with E-state index in [9.17, 15) is 4.39 Å². The number of hydrogen-bond acceptors (Lipinski definition) is 4. The second-order valence-corrected chi connectivity index (χ2v) is 6.66. The first kappa shape index (κ1) is 13.9. The lowest BCUT2D eigenvalue weighted by Crippen LogP contribution is -2.33. The number of hydrogen-bond donors (Lipinski definition) is 2. The van der Waals surface area contributed by atoms with E-state index in [-0.39, 0.29) is 11.4 Å². The minimum absolute atomic E-state index is 0.0145. The molecule has 5 nitrogen and oxygen atoms in total. The third kappa shape index (κ3) is 1.96. The summed E-state index contributed by atoms with van der Waals surface area (Å²) in [5, 5.41) is 11.5. The minimum atomic E-state index is -0.240. The zero-order valence-electron chi connectivity index (χ0n) is 13.2. The molecule has 2 aromatic heterocycles. The van der Waals surface area contributed by atoms with E-state index < -0.39 is 0 Å². The molecule has 1 fully saturated rings. The highest BCUT2D eigenvalue weighted by molar-refractivity contribution is 5.65. The Bertz CT molecular complexity index is 909. The number of nitrogens with one attached hydrogen (secondary N) is 2. The standard InChI is InChI=1S/C18H18FN5/c19-12-3-5-13(6-4-12)22-17-14-11-20-18(8-1-2-9-18)16(14)23-15-7-10-21-24(15)17/h3-7,10,20,22H,1-2,8-9,11H2. The molecule has 5 rings (SSSR count). The number of rotatable bonds is 2. The molecule has 1 saturated carbocycles. The van der Waals surface area contributed by atoms with E-state index in [1.165, 1.54) is 25.0 Å². The second kappa shape index (κ2) is 5.01. The monoisotopic (exact) mass is 323 g/mol. The van der Waals surface area contributed by atoms with E-state index in [0.717, 1.165) is 47.8 Å². The van der Waals surface area contributed by atoms with Gasteiger partial charge in [0.25, 0.3) is 0 Å². The first-order chi connectivity index (χ1) is 11.8. The van der Waals surface area contributed by atoms with Gasteiger partial charge in [-0.05, 0) is 37.1 Å². The molecule has 1 aromatic carbocycles. The molecule has 0 amide bonds. The molecule has 0 unspecified atom stereocenters. The molecule has 0 radical (unpaired) electrons. The van der Waals surface area contributed by atoms with Gasteiger partial charge in [-0.15, -0.1) is 0 Å². The molecule has 24 heavy (non-hydrogen) atoms. The minimum Gasteiger partial charge on any atom is -0.340 e. The Balaban J connectivity index is 1.67. The Morgan fingerprint density at radius 1 is 1.12 bits per heavy atom. The Morgan fingerprint density at radius 2 is 1.92 bits per heavy atom. The lowest BCUT2D eigenvalue weighted by molar-refractivity contribution is 0.365. The molecule has 2 aliphatic rings. The van der Waals surface area contributed by atoms with E-state index in [0.29, 0.717) is 0 Å². The molecule has 1 aliphatic carbocycles. The van der Waals surface area contributed by atoms with Gasteiger partial charge in [-0.25, -0.2) is 9.37 Å². The third-order valence-electron chi connectivity index (χ3n) is 5.25. The van der Waals surface area contributed by atoms with Gasteiger partial charge in [0.05, 0.1) is 17.4 Å². The zero-order chi connectivity index (χ0) is 16.1. The fourth-order valence-electron chi connectivity index (χ4n) is 4.07. The number of anilines is 2. The largest absolute Gasteiger partial charge is 0.340 e. The van der Waals surface area contributed by atoms with Crippen LogP contribution in [0.2, 0.25) is 0 Å². The van der Waals surface area contributed by atoms with Gasteiger partial charge in [0.15, 0.2) is 5.65 Å². The van der Waals surface area contributed by atoms with Crippen LogP contribution < -0.4 is 10.6 Å². The summed E-state index contributed by atoms with van der Waals surface area (Å²) < 4.78 is 15.0. The molecular weight excluding hydrogens is 305 g/mol. The van der Waals surface area contributed by atoms with Crippen molar-refractivity contribution in [1.82, 2.24) is 19.9 Å². The highest BCUT2D eigenvalue weighted by Crippen LogP contribution is 2.45. The maximum absolute atomic E-state index is 13.2. The second-order valence-electron chi connectivity index (χ2n) is 6.66. The first-order valence-corrected chi connectivity index (χ1v) is 8.40. The maximum Gasteiger partial charge on any atom is 0.157 e. The summed E-state index contributed by atoms with van der Waals surface area (Å²) >= 11 is 0. The topological polar surface area (TPSA) is 54.2 Å². The van der Waals surface area contributed by atoms with Crippen molar-refractivity contribution < 1.29 is 4.39 Å². The van der Waals surface area contributed by atoms with E-state index in [2.05, 4.69) is 15.7 Å². The molecule has 0 atom stereocenters. The predicted octanol–water partition coefficient (Wildman–Crippen LogP) is 3.48. The van der Waals surface area contributed by atoms with Crippen molar-refractivity contribution in [1.29, 1.82) is 0 Å². The van der Waals surface area contributed by atoms with E-state index in [4.69, 9.17) is 4.98 Å². The van der Waals surface area contributed by atoms with Crippen molar-refractivity contribution in [2.24, 2.45) is 0 Å². The van der Waals surface area contributed by atoms with Gasteiger partial charge in [-0.1, -0.05) is 12.8 Å². The molecule has 1 spiro atoms. The third-order valence-corrected chi connectivity index (χ3v) is 5.25. The summed E-state index contributed by atoms with van der Waals surface area (Å²) in [4.78, 5) is 4.91. The highest BCUT2D eigenvalue weighted by Gasteiger charge is 2.43. The fraction of sp³-hybridized carbons (Fsp3) is 0.333. The zero-order valence-corrected chi connectivity index (χ0v) is 13.2. The van der Waals surface area contributed by atoms with Gasteiger partial charge in [-0.3, -0.25) is 0 Å². The number of nitrogens with zero attached hydrogens (tertiary/aromatic N) is 3. The van der Waals surface area contributed by atoms with Crippen molar-refractivity contribution in [2.45, 2.75) is 37.8 Å². The summed E-state index contributed by atoms with van der Waals surface area (Å²) in [7, 11) is 0. The maximum atomic E-state index is 13.2. The van der Waals surface area contributed by atoms with Crippen molar-refractivity contribution >= 4 is 17.2 Å². The highest BCUT2D eigenvalue weighted by atomic mass is 19.1. The summed E-state index contributed by atoms with van der Waals surface area (Å²) in [6.45, 7) is 0.779. The van der Waals surface area contributed by atoms with E-state index in [1.807, 2.05) is 10.6 Å². The van der Waals surface area contributed by atoms with Crippen LogP contribution in [0.15, 0.2) is 36.5 Å². The van der Waals surface area contributed by atoms with Crippen molar-refractivity contribution in [3.05, 3.63) is 53.6 Å². The molecule has 0 saturated heterocycles. The number of halogens is 1. The van der Waals surface area contributed by atoms with E-state index in [1.54, 1.807) is 18.3 Å².